The first kappa shape index (κ1) is 15.6. The number of nitrogens with zero attached hydrogens (tertiary/aromatic N) is 1. The molecule has 1 amide bonds. The van der Waals surface area contributed by atoms with Crippen LogP contribution in [0.25, 0.3) is 0 Å². The minimum Gasteiger partial charge on any atom is -0.330 e. The summed E-state index contributed by atoms with van der Waals surface area (Å²) in [4.78, 5) is 13.9. The van der Waals surface area contributed by atoms with Gasteiger partial charge in [-0.25, -0.2) is 0 Å². The first-order valence-electron chi connectivity index (χ1n) is 7.46. The summed E-state index contributed by atoms with van der Waals surface area (Å²) < 4.78 is 38.2. The van der Waals surface area contributed by atoms with Crippen molar-refractivity contribution in [2.45, 2.75) is 57.7 Å². The Morgan fingerprint density at radius 2 is 1.90 bits per heavy atom. The molecule has 0 unspecified atom stereocenters. The van der Waals surface area contributed by atoms with Crippen molar-refractivity contribution in [2.24, 2.45) is 5.41 Å². The van der Waals surface area contributed by atoms with Gasteiger partial charge in [-0.2, -0.15) is 13.2 Å². The lowest BCUT2D eigenvalue weighted by Crippen LogP contribution is -2.52. The second kappa shape index (κ2) is 5.92. The number of rotatable bonds is 5. The van der Waals surface area contributed by atoms with Crippen LogP contribution in [0.2, 0.25) is 0 Å². The molecule has 1 saturated carbocycles. The Labute approximate surface area is 117 Å². The van der Waals surface area contributed by atoms with Crippen LogP contribution >= 0.6 is 0 Å². The van der Waals surface area contributed by atoms with Gasteiger partial charge in [0, 0.05) is 6.04 Å². The Balaban J connectivity index is 2.15. The van der Waals surface area contributed by atoms with E-state index in [-0.39, 0.29) is 11.9 Å². The molecule has 1 aliphatic heterocycles. The van der Waals surface area contributed by atoms with Crippen molar-refractivity contribution >= 4 is 5.91 Å². The molecular formula is C14H23F3N2O. The van der Waals surface area contributed by atoms with E-state index in [2.05, 4.69) is 5.32 Å². The van der Waals surface area contributed by atoms with Gasteiger partial charge in [0.05, 0.1) is 5.41 Å². The SMILES string of the molecule is CCCC1(C(=O)N(CC(F)(F)F)C2CC2)CCNCC1. The van der Waals surface area contributed by atoms with Crippen LogP contribution in [-0.4, -0.2) is 42.7 Å². The van der Waals surface area contributed by atoms with Crippen LogP contribution in [-0.2, 0) is 4.79 Å². The molecule has 6 heteroatoms. The molecule has 116 valence electrons. The van der Waals surface area contributed by atoms with E-state index in [1.54, 1.807) is 0 Å². The fraction of sp³-hybridized carbons (Fsp3) is 0.929. The molecule has 2 aliphatic rings. The van der Waals surface area contributed by atoms with Gasteiger partial charge in [0.1, 0.15) is 6.54 Å². The van der Waals surface area contributed by atoms with Gasteiger partial charge in [-0.3, -0.25) is 4.79 Å². The van der Waals surface area contributed by atoms with Gasteiger partial charge in [0.25, 0.3) is 0 Å². The van der Waals surface area contributed by atoms with E-state index in [4.69, 9.17) is 0 Å². The molecule has 3 nitrogen and oxygen atoms in total. The Hall–Kier alpha value is -0.780. The third-order valence-electron chi connectivity index (χ3n) is 4.34. The van der Waals surface area contributed by atoms with Crippen molar-refractivity contribution in [1.82, 2.24) is 10.2 Å². The fourth-order valence-corrected chi connectivity index (χ4v) is 3.21. The summed E-state index contributed by atoms with van der Waals surface area (Å²) in [7, 11) is 0. The highest BCUT2D eigenvalue weighted by Crippen LogP contribution is 2.40. The highest BCUT2D eigenvalue weighted by atomic mass is 19.4. The number of hydrogen-bond acceptors (Lipinski definition) is 2. The predicted octanol–water partition coefficient (Wildman–Crippen LogP) is 2.71. The molecule has 2 rings (SSSR count). The first-order valence-corrected chi connectivity index (χ1v) is 7.46. The molecule has 1 aliphatic carbocycles. The average molecular weight is 292 g/mol. The molecule has 2 fully saturated rings. The van der Waals surface area contributed by atoms with Crippen LogP contribution in [0.3, 0.4) is 0 Å². The maximum absolute atomic E-state index is 12.8. The average Bonchev–Trinajstić information content (AvgIpc) is 3.20. The van der Waals surface area contributed by atoms with Gasteiger partial charge in [-0.1, -0.05) is 13.3 Å². The number of amides is 1. The third-order valence-corrected chi connectivity index (χ3v) is 4.34. The molecule has 0 atom stereocenters. The minimum absolute atomic E-state index is 0.187. The number of carbonyl (C=O) groups is 1. The Kier molecular flexibility index (Phi) is 4.62. The molecule has 0 aromatic heterocycles. The van der Waals surface area contributed by atoms with Crippen molar-refractivity contribution in [3.8, 4) is 0 Å². The largest absolute Gasteiger partial charge is 0.406 e. The summed E-state index contributed by atoms with van der Waals surface area (Å²) in [5, 5.41) is 3.19. The quantitative estimate of drug-likeness (QED) is 0.845. The van der Waals surface area contributed by atoms with Crippen LogP contribution in [0.15, 0.2) is 0 Å². The number of hydrogen-bond donors (Lipinski definition) is 1. The molecule has 0 aromatic rings. The highest BCUT2D eigenvalue weighted by Gasteiger charge is 2.48. The smallest absolute Gasteiger partial charge is 0.330 e. The number of carbonyl (C=O) groups excluding carboxylic acids is 1. The van der Waals surface area contributed by atoms with E-state index >= 15 is 0 Å². The molecule has 1 heterocycles. The highest BCUT2D eigenvalue weighted by molar-refractivity contribution is 5.83. The number of alkyl halides is 3. The van der Waals surface area contributed by atoms with Crippen molar-refractivity contribution in [2.75, 3.05) is 19.6 Å². The lowest BCUT2D eigenvalue weighted by atomic mass is 9.74. The molecule has 1 saturated heterocycles. The Morgan fingerprint density at radius 3 is 2.35 bits per heavy atom. The van der Waals surface area contributed by atoms with Crippen molar-refractivity contribution in [1.29, 1.82) is 0 Å². The summed E-state index contributed by atoms with van der Waals surface area (Å²) in [6.07, 6.45) is -0.0600. The van der Waals surface area contributed by atoms with Crippen molar-refractivity contribution in [3.05, 3.63) is 0 Å². The van der Waals surface area contributed by atoms with Gasteiger partial charge in [0.2, 0.25) is 5.91 Å². The Morgan fingerprint density at radius 1 is 1.30 bits per heavy atom. The molecule has 0 radical (unpaired) electrons. The van der Waals surface area contributed by atoms with E-state index in [0.29, 0.717) is 32.1 Å². The summed E-state index contributed by atoms with van der Waals surface area (Å²) in [6.45, 7) is 2.34. The van der Waals surface area contributed by atoms with Gasteiger partial charge >= 0.3 is 6.18 Å². The molecule has 0 aromatic carbocycles. The van der Waals surface area contributed by atoms with Crippen LogP contribution in [0, 0.1) is 5.41 Å². The van der Waals surface area contributed by atoms with E-state index in [0.717, 1.165) is 24.4 Å². The van der Waals surface area contributed by atoms with Crippen LogP contribution in [0.5, 0.6) is 0 Å². The van der Waals surface area contributed by atoms with Gasteiger partial charge in [-0.15, -0.1) is 0 Å². The standard InChI is InChI=1S/C14H23F3N2O/c1-2-5-13(6-8-18-9-7-13)12(20)19(11-3-4-11)10-14(15,16)17/h11,18H,2-10H2,1H3. The Bertz CT molecular complexity index is 341. The summed E-state index contributed by atoms with van der Waals surface area (Å²) in [6, 6.07) is -0.187. The predicted molar refractivity (Wildman–Crippen MR) is 70.2 cm³/mol. The summed E-state index contributed by atoms with van der Waals surface area (Å²) in [5.74, 6) is -0.263. The third kappa shape index (κ3) is 3.65. The second-order valence-corrected chi connectivity index (χ2v) is 6.06. The van der Waals surface area contributed by atoms with E-state index < -0.39 is 18.1 Å². The molecular weight excluding hydrogens is 269 g/mol. The number of halogens is 3. The van der Waals surface area contributed by atoms with Gasteiger partial charge in [-0.05, 0) is 45.2 Å². The zero-order chi connectivity index (χ0) is 14.8. The molecule has 0 bridgehead atoms. The maximum atomic E-state index is 12.8. The van der Waals surface area contributed by atoms with Crippen LogP contribution < -0.4 is 5.32 Å². The second-order valence-electron chi connectivity index (χ2n) is 6.06. The van der Waals surface area contributed by atoms with Gasteiger partial charge < -0.3 is 10.2 Å². The van der Waals surface area contributed by atoms with E-state index in [9.17, 15) is 18.0 Å². The molecule has 20 heavy (non-hydrogen) atoms. The van der Waals surface area contributed by atoms with E-state index in [1.807, 2.05) is 6.92 Å². The lowest BCUT2D eigenvalue weighted by molar-refractivity contribution is -0.170. The van der Waals surface area contributed by atoms with Crippen LogP contribution in [0.4, 0.5) is 13.2 Å². The van der Waals surface area contributed by atoms with Gasteiger partial charge in [0.15, 0.2) is 0 Å². The molecule has 0 spiro atoms. The van der Waals surface area contributed by atoms with Crippen LogP contribution in [0.1, 0.15) is 45.4 Å². The number of piperidine rings is 1. The zero-order valence-electron chi connectivity index (χ0n) is 11.9. The van der Waals surface area contributed by atoms with E-state index in [1.165, 1.54) is 0 Å². The van der Waals surface area contributed by atoms with Crippen molar-refractivity contribution in [3.63, 3.8) is 0 Å². The normalized spacial score (nSPS) is 22.6. The summed E-state index contributed by atoms with van der Waals surface area (Å²) in [5.41, 5.74) is -0.576. The topological polar surface area (TPSA) is 32.3 Å². The zero-order valence-corrected chi connectivity index (χ0v) is 11.9. The molecule has 1 N–H and O–H groups in total. The van der Waals surface area contributed by atoms with Crippen molar-refractivity contribution < 1.29 is 18.0 Å². The summed E-state index contributed by atoms with van der Waals surface area (Å²) >= 11 is 0. The minimum atomic E-state index is -4.31. The first-order chi connectivity index (χ1) is 9.38. The maximum Gasteiger partial charge on any atom is 0.406 e. The lowest BCUT2D eigenvalue weighted by Gasteiger charge is -2.40. The monoisotopic (exact) mass is 292 g/mol. The number of nitrogens with one attached hydrogen (secondary N) is 1. The fourth-order valence-electron chi connectivity index (χ4n) is 3.21.